The summed E-state index contributed by atoms with van der Waals surface area (Å²) in [4.78, 5) is 18.2. The van der Waals surface area contributed by atoms with Crippen LogP contribution in [0.5, 0.6) is 0 Å². The SMILES string of the molecule is CC(C)(C)CC(=O)N1CCN(S(=O)(=O)c2ccc3ncoc3c2)CC1. The number of sulfonamides is 1. The van der Waals surface area contributed by atoms with Gasteiger partial charge >= 0.3 is 0 Å². The molecule has 25 heavy (non-hydrogen) atoms. The first kappa shape index (κ1) is 17.9. The van der Waals surface area contributed by atoms with Gasteiger partial charge in [-0.15, -0.1) is 0 Å². The van der Waals surface area contributed by atoms with E-state index >= 15 is 0 Å². The number of carbonyl (C=O) groups is 1. The van der Waals surface area contributed by atoms with Gasteiger partial charge in [0.05, 0.1) is 4.90 Å². The lowest BCUT2D eigenvalue weighted by atomic mass is 9.91. The maximum absolute atomic E-state index is 12.8. The minimum atomic E-state index is -3.61. The molecule has 1 saturated heterocycles. The summed E-state index contributed by atoms with van der Waals surface area (Å²) in [6, 6.07) is 4.67. The third kappa shape index (κ3) is 3.85. The Morgan fingerprint density at radius 3 is 2.52 bits per heavy atom. The van der Waals surface area contributed by atoms with Crippen molar-refractivity contribution in [3.05, 3.63) is 24.6 Å². The Bertz CT molecular complexity index is 875. The first-order valence-electron chi connectivity index (χ1n) is 8.28. The minimum absolute atomic E-state index is 0.0765. The third-order valence-electron chi connectivity index (χ3n) is 4.21. The van der Waals surface area contributed by atoms with Crippen LogP contribution in [0.15, 0.2) is 33.9 Å². The topological polar surface area (TPSA) is 83.7 Å². The highest BCUT2D eigenvalue weighted by atomic mass is 32.2. The molecule has 0 saturated carbocycles. The number of hydrogen-bond donors (Lipinski definition) is 0. The largest absolute Gasteiger partial charge is 0.443 e. The van der Waals surface area contributed by atoms with Gasteiger partial charge in [-0.05, 0) is 17.5 Å². The number of aromatic nitrogens is 1. The molecular formula is C17H23N3O4S. The summed E-state index contributed by atoms with van der Waals surface area (Å²) in [6.07, 6.45) is 1.75. The molecule has 0 bridgehead atoms. The number of amides is 1. The zero-order valence-corrected chi connectivity index (χ0v) is 15.5. The highest BCUT2D eigenvalue weighted by Crippen LogP contribution is 2.24. The van der Waals surface area contributed by atoms with Crippen molar-refractivity contribution in [3.8, 4) is 0 Å². The van der Waals surface area contributed by atoms with Gasteiger partial charge in [0, 0.05) is 38.7 Å². The van der Waals surface area contributed by atoms with Crippen LogP contribution < -0.4 is 0 Å². The van der Waals surface area contributed by atoms with Gasteiger partial charge in [0.2, 0.25) is 15.9 Å². The van der Waals surface area contributed by atoms with E-state index in [1.165, 1.54) is 22.8 Å². The average molecular weight is 365 g/mol. The van der Waals surface area contributed by atoms with E-state index < -0.39 is 10.0 Å². The van der Waals surface area contributed by atoms with Crippen molar-refractivity contribution in [2.75, 3.05) is 26.2 Å². The summed E-state index contributed by atoms with van der Waals surface area (Å²) in [6.45, 7) is 7.48. The number of hydrogen-bond acceptors (Lipinski definition) is 5. The third-order valence-corrected chi connectivity index (χ3v) is 6.11. The van der Waals surface area contributed by atoms with Gasteiger partial charge in [-0.2, -0.15) is 4.31 Å². The van der Waals surface area contributed by atoms with Crippen LogP contribution in [0.25, 0.3) is 11.1 Å². The van der Waals surface area contributed by atoms with Gasteiger partial charge < -0.3 is 9.32 Å². The van der Waals surface area contributed by atoms with Gasteiger partial charge in [-0.1, -0.05) is 20.8 Å². The quantitative estimate of drug-likeness (QED) is 0.832. The lowest BCUT2D eigenvalue weighted by molar-refractivity contribution is -0.134. The van der Waals surface area contributed by atoms with Gasteiger partial charge in [0.25, 0.3) is 0 Å². The van der Waals surface area contributed by atoms with E-state index in [-0.39, 0.29) is 16.2 Å². The van der Waals surface area contributed by atoms with Crippen LogP contribution in [0.1, 0.15) is 27.2 Å². The smallest absolute Gasteiger partial charge is 0.243 e. The Kier molecular flexibility index (Phi) is 4.59. The minimum Gasteiger partial charge on any atom is -0.443 e. The monoisotopic (exact) mass is 365 g/mol. The van der Waals surface area contributed by atoms with Crippen LogP contribution in [0.3, 0.4) is 0 Å². The fourth-order valence-corrected chi connectivity index (χ4v) is 4.33. The van der Waals surface area contributed by atoms with Crippen molar-refractivity contribution < 1.29 is 17.6 Å². The molecule has 0 aliphatic carbocycles. The second kappa shape index (κ2) is 6.42. The molecule has 0 N–H and O–H groups in total. The lowest BCUT2D eigenvalue weighted by Gasteiger charge is -2.35. The number of rotatable bonds is 3. The van der Waals surface area contributed by atoms with E-state index in [2.05, 4.69) is 4.98 Å². The molecule has 0 radical (unpaired) electrons. The predicted octanol–water partition coefficient (Wildman–Crippen LogP) is 2.10. The van der Waals surface area contributed by atoms with Crippen LogP contribution in [0, 0.1) is 5.41 Å². The number of fused-ring (bicyclic) bond motifs is 1. The Morgan fingerprint density at radius 2 is 1.88 bits per heavy atom. The highest BCUT2D eigenvalue weighted by Gasteiger charge is 2.31. The number of oxazole rings is 1. The molecule has 1 aromatic carbocycles. The number of benzene rings is 1. The van der Waals surface area contributed by atoms with Gasteiger partial charge in [-0.3, -0.25) is 4.79 Å². The zero-order chi connectivity index (χ0) is 18.2. The summed E-state index contributed by atoms with van der Waals surface area (Å²) in [7, 11) is -3.61. The molecule has 2 heterocycles. The van der Waals surface area contributed by atoms with E-state index in [9.17, 15) is 13.2 Å². The van der Waals surface area contributed by atoms with E-state index in [0.717, 1.165) is 0 Å². The fourth-order valence-electron chi connectivity index (χ4n) is 2.89. The Balaban J connectivity index is 1.70. The molecule has 3 rings (SSSR count). The molecule has 2 aromatic rings. The summed E-state index contributed by atoms with van der Waals surface area (Å²) in [5.74, 6) is 0.0765. The maximum Gasteiger partial charge on any atom is 0.243 e. The molecule has 0 unspecified atom stereocenters. The first-order valence-corrected chi connectivity index (χ1v) is 9.72. The molecule has 1 aliphatic heterocycles. The molecule has 0 atom stereocenters. The Hall–Kier alpha value is -1.93. The lowest BCUT2D eigenvalue weighted by Crippen LogP contribution is -2.50. The van der Waals surface area contributed by atoms with E-state index in [1.807, 2.05) is 20.8 Å². The summed E-state index contributed by atoms with van der Waals surface area (Å²) >= 11 is 0. The van der Waals surface area contributed by atoms with Gasteiger partial charge in [0.1, 0.15) is 5.52 Å². The molecule has 136 valence electrons. The highest BCUT2D eigenvalue weighted by molar-refractivity contribution is 7.89. The number of piperazine rings is 1. The van der Waals surface area contributed by atoms with Gasteiger partial charge in [0.15, 0.2) is 12.0 Å². The van der Waals surface area contributed by atoms with Gasteiger partial charge in [-0.25, -0.2) is 13.4 Å². The summed E-state index contributed by atoms with van der Waals surface area (Å²) < 4.78 is 32.2. The van der Waals surface area contributed by atoms with Crippen molar-refractivity contribution in [1.82, 2.24) is 14.2 Å². The maximum atomic E-state index is 12.8. The van der Waals surface area contributed by atoms with Crippen molar-refractivity contribution >= 4 is 27.0 Å². The molecule has 7 nitrogen and oxygen atoms in total. The molecule has 1 fully saturated rings. The van der Waals surface area contributed by atoms with Crippen molar-refractivity contribution in [2.24, 2.45) is 5.41 Å². The molecule has 1 amide bonds. The molecular weight excluding hydrogens is 342 g/mol. The first-order chi connectivity index (χ1) is 11.7. The summed E-state index contributed by atoms with van der Waals surface area (Å²) in [5.41, 5.74) is 0.990. The van der Waals surface area contributed by atoms with E-state index in [1.54, 1.807) is 11.0 Å². The predicted molar refractivity (Wildman–Crippen MR) is 93.4 cm³/mol. The van der Waals surface area contributed by atoms with Crippen molar-refractivity contribution in [3.63, 3.8) is 0 Å². The van der Waals surface area contributed by atoms with Crippen molar-refractivity contribution in [2.45, 2.75) is 32.1 Å². The van der Waals surface area contributed by atoms with Crippen LogP contribution in [-0.4, -0.2) is 54.7 Å². The normalized spacial score (nSPS) is 17.2. The molecule has 0 spiro atoms. The molecule has 8 heteroatoms. The standard InChI is InChI=1S/C17H23N3O4S/c1-17(2,3)11-16(21)19-6-8-20(9-7-19)25(22,23)13-4-5-14-15(10-13)24-12-18-14/h4-5,10,12H,6-9,11H2,1-3H3. The molecule has 1 aliphatic rings. The molecule has 1 aromatic heterocycles. The van der Waals surface area contributed by atoms with E-state index in [0.29, 0.717) is 43.7 Å². The Labute approximate surface area is 147 Å². The fraction of sp³-hybridized carbons (Fsp3) is 0.529. The van der Waals surface area contributed by atoms with Crippen LogP contribution in [0.4, 0.5) is 0 Å². The number of carbonyl (C=O) groups excluding carboxylic acids is 1. The van der Waals surface area contributed by atoms with Crippen LogP contribution in [0.2, 0.25) is 0 Å². The second-order valence-corrected chi connectivity index (χ2v) is 9.44. The summed E-state index contributed by atoms with van der Waals surface area (Å²) in [5, 5.41) is 0. The van der Waals surface area contributed by atoms with Crippen molar-refractivity contribution in [1.29, 1.82) is 0 Å². The van der Waals surface area contributed by atoms with E-state index in [4.69, 9.17) is 4.42 Å². The van der Waals surface area contributed by atoms with Crippen LogP contribution in [-0.2, 0) is 14.8 Å². The number of nitrogens with zero attached hydrogens (tertiary/aromatic N) is 3. The van der Waals surface area contributed by atoms with Crippen LogP contribution >= 0.6 is 0 Å². The second-order valence-electron chi connectivity index (χ2n) is 7.50. The Morgan fingerprint density at radius 1 is 1.20 bits per heavy atom. The zero-order valence-electron chi connectivity index (χ0n) is 14.7. The average Bonchev–Trinajstić information content (AvgIpc) is 3.01.